The van der Waals surface area contributed by atoms with Crippen LogP contribution in [0.5, 0.6) is 0 Å². The van der Waals surface area contributed by atoms with Gasteiger partial charge >= 0.3 is 5.97 Å². The molecule has 11 heavy (non-hydrogen) atoms. The van der Waals surface area contributed by atoms with Gasteiger partial charge in [-0.1, -0.05) is 6.92 Å². The number of hydrogen-bond donors (Lipinski definition) is 2. The van der Waals surface area contributed by atoms with Gasteiger partial charge in [-0.25, -0.2) is 0 Å². The highest BCUT2D eigenvalue weighted by molar-refractivity contribution is 5.85. The van der Waals surface area contributed by atoms with E-state index in [9.17, 15) is 4.79 Å². The van der Waals surface area contributed by atoms with E-state index >= 15 is 0 Å². The van der Waals surface area contributed by atoms with Crippen LogP contribution in [0, 0.1) is 11.8 Å². The molecule has 1 saturated heterocycles. The summed E-state index contributed by atoms with van der Waals surface area (Å²) in [6.45, 7) is 3.93. The number of nitrogens with one attached hydrogen (secondary N) is 1. The molecule has 1 fully saturated rings. The van der Waals surface area contributed by atoms with Crippen molar-refractivity contribution in [3.05, 3.63) is 0 Å². The lowest BCUT2D eigenvalue weighted by molar-refractivity contribution is -0.138. The third kappa shape index (κ3) is 3.08. The first-order chi connectivity index (χ1) is 4.70. The highest BCUT2D eigenvalue weighted by atomic mass is 35.5. The van der Waals surface area contributed by atoms with E-state index in [0.29, 0.717) is 18.3 Å². The van der Waals surface area contributed by atoms with Gasteiger partial charge in [0.25, 0.3) is 0 Å². The summed E-state index contributed by atoms with van der Waals surface area (Å²) >= 11 is 0. The molecule has 0 aliphatic carbocycles. The lowest BCUT2D eigenvalue weighted by atomic mass is 9.95. The fourth-order valence-corrected chi connectivity index (χ4v) is 1.36. The van der Waals surface area contributed by atoms with Gasteiger partial charge in [0.15, 0.2) is 0 Å². The summed E-state index contributed by atoms with van der Waals surface area (Å²) in [5, 5.41) is 11.6. The molecule has 0 bridgehead atoms. The lowest BCUT2D eigenvalue weighted by Crippen LogP contribution is -2.14. The van der Waals surface area contributed by atoms with Crippen LogP contribution in [0.2, 0.25) is 0 Å². The summed E-state index contributed by atoms with van der Waals surface area (Å²) in [4.78, 5) is 10.3. The maximum Gasteiger partial charge on any atom is 0.303 e. The molecular formula is C7H14ClNO2. The first kappa shape index (κ1) is 10.7. The second-order valence-electron chi connectivity index (χ2n) is 2.99. The van der Waals surface area contributed by atoms with Crippen LogP contribution < -0.4 is 5.32 Å². The third-order valence-electron chi connectivity index (χ3n) is 2.11. The van der Waals surface area contributed by atoms with Gasteiger partial charge in [0.05, 0.1) is 0 Å². The molecule has 0 aromatic heterocycles. The summed E-state index contributed by atoms with van der Waals surface area (Å²) in [5.41, 5.74) is 0. The fourth-order valence-electron chi connectivity index (χ4n) is 1.36. The molecule has 0 aromatic carbocycles. The molecule has 0 aromatic rings. The highest BCUT2D eigenvalue weighted by Gasteiger charge is 2.24. The zero-order chi connectivity index (χ0) is 7.56. The zero-order valence-electron chi connectivity index (χ0n) is 6.54. The monoisotopic (exact) mass is 179 g/mol. The second kappa shape index (κ2) is 4.57. The second-order valence-corrected chi connectivity index (χ2v) is 2.99. The maximum absolute atomic E-state index is 10.3. The molecule has 0 amide bonds. The Morgan fingerprint density at radius 2 is 2.27 bits per heavy atom. The average molecular weight is 180 g/mol. The number of carboxylic acid groups (broad SMARTS) is 1. The summed E-state index contributed by atoms with van der Waals surface area (Å²) < 4.78 is 0. The van der Waals surface area contributed by atoms with Crippen molar-refractivity contribution in [3.63, 3.8) is 0 Å². The zero-order valence-corrected chi connectivity index (χ0v) is 7.36. The van der Waals surface area contributed by atoms with E-state index in [1.807, 2.05) is 0 Å². The Bertz CT molecular complexity index is 140. The molecule has 4 heteroatoms. The van der Waals surface area contributed by atoms with Crippen molar-refractivity contribution < 1.29 is 9.90 Å². The maximum atomic E-state index is 10.3. The van der Waals surface area contributed by atoms with Crippen molar-refractivity contribution in [1.29, 1.82) is 0 Å². The molecular weight excluding hydrogens is 166 g/mol. The van der Waals surface area contributed by atoms with Gasteiger partial charge in [-0.15, -0.1) is 12.4 Å². The van der Waals surface area contributed by atoms with Crippen LogP contribution in [0.1, 0.15) is 13.3 Å². The van der Waals surface area contributed by atoms with Crippen LogP contribution in [0.25, 0.3) is 0 Å². The SMILES string of the molecule is C[C@@H]1CNC[C@H]1CC(=O)O.Cl. The largest absolute Gasteiger partial charge is 0.481 e. The smallest absolute Gasteiger partial charge is 0.303 e. The molecule has 2 N–H and O–H groups in total. The van der Waals surface area contributed by atoms with E-state index < -0.39 is 5.97 Å². The van der Waals surface area contributed by atoms with Crippen LogP contribution in [-0.4, -0.2) is 24.2 Å². The van der Waals surface area contributed by atoms with Crippen LogP contribution in [-0.2, 0) is 4.79 Å². The van der Waals surface area contributed by atoms with Crippen molar-refractivity contribution in [3.8, 4) is 0 Å². The molecule has 0 radical (unpaired) electrons. The van der Waals surface area contributed by atoms with Crippen molar-refractivity contribution in [1.82, 2.24) is 5.32 Å². The normalized spacial score (nSPS) is 29.5. The molecule has 1 rings (SSSR count). The van der Waals surface area contributed by atoms with E-state index in [2.05, 4.69) is 12.2 Å². The molecule has 0 spiro atoms. The van der Waals surface area contributed by atoms with Crippen molar-refractivity contribution >= 4 is 18.4 Å². The van der Waals surface area contributed by atoms with Gasteiger partial charge in [0.2, 0.25) is 0 Å². The topological polar surface area (TPSA) is 49.3 Å². The van der Waals surface area contributed by atoms with Crippen molar-refractivity contribution in [2.75, 3.05) is 13.1 Å². The Balaban J connectivity index is 0.000001000. The summed E-state index contributed by atoms with van der Waals surface area (Å²) in [7, 11) is 0. The first-order valence-electron chi connectivity index (χ1n) is 3.62. The molecule has 66 valence electrons. The van der Waals surface area contributed by atoms with E-state index in [0.717, 1.165) is 13.1 Å². The Labute approximate surface area is 72.6 Å². The predicted molar refractivity (Wildman–Crippen MR) is 45.0 cm³/mol. The lowest BCUT2D eigenvalue weighted by Gasteiger charge is -2.09. The van der Waals surface area contributed by atoms with E-state index in [1.54, 1.807) is 0 Å². The molecule has 2 atom stereocenters. The Morgan fingerprint density at radius 3 is 2.64 bits per heavy atom. The van der Waals surface area contributed by atoms with E-state index in [4.69, 9.17) is 5.11 Å². The van der Waals surface area contributed by atoms with Crippen LogP contribution >= 0.6 is 12.4 Å². The molecule has 1 aliphatic rings. The van der Waals surface area contributed by atoms with Crippen LogP contribution in [0.15, 0.2) is 0 Å². The number of aliphatic carboxylic acids is 1. The minimum Gasteiger partial charge on any atom is -0.481 e. The number of halogens is 1. The van der Waals surface area contributed by atoms with E-state index in [-0.39, 0.29) is 12.4 Å². The number of carboxylic acids is 1. The standard InChI is InChI=1S/C7H13NO2.ClH/c1-5-3-8-4-6(5)2-7(9)10;/h5-6,8H,2-4H2,1H3,(H,9,10);1H/t5-,6-;/m1./s1. The van der Waals surface area contributed by atoms with Gasteiger partial charge in [0.1, 0.15) is 0 Å². The van der Waals surface area contributed by atoms with Gasteiger partial charge in [-0.3, -0.25) is 4.79 Å². The summed E-state index contributed by atoms with van der Waals surface area (Å²) in [6.07, 6.45) is 0.314. The van der Waals surface area contributed by atoms with Crippen molar-refractivity contribution in [2.45, 2.75) is 13.3 Å². The number of carbonyl (C=O) groups is 1. The first-order valence-corrected chi connectivity index (χ1v) is 3.62. The Kier molecular flexibility index (Phi) is 4.45. The van der Waals surface area contributed by atoms with Gasteiger partial charge in [-0.05, 0) is 24.9 Å². The number of hydrogen-bond acceptors (Lipinski definition) is 2. The summed E-state index contributed by atoms with van der Waals surface area (Å²) in [5.74, 6) is 0.189. The predicted octanol–water partition coefficient (Wildman–Crippen LogP) is 0.738. The minimum atomic E-state index is -0.680. The Morgan fingerprint density at radius 1 is 1.64 bits per heavy atom. The van der Waals surface area contributed by atoms with Gasteiger partial charge < -0.3 is 10.4 Å². The molecule has 3 nitrogen and oxygen atoms in total. The molecule has 1 aliphatic heterocycles. The van der Waals surface area contributed by atoms with Gasteiger partial charge in [-0.2, -0.15) is 0 Å². The minimum absolute atomic E-state index is 0. The van der Waals surface area contributed by atoms with Crippen molar-refractivity contribution in [2.24, 2.45) is 11.8 Å². The molecule has 0 saturated carbocycles. The number of rotatable bonds is 2. The molecule has 1 heterocycles. The van der Waals surface area contributed by atoms with Gasteiger partial charge in [0, 0.05) is 6.42 Å². The summed E-state index contributed by atoms with van der Waals surface area (Å²) in [6, 6.07) is 0. The quantitative estimate of drug-likeness (QED) is 0.658. The Hall–Kier alpha value is -0.280. The fraction of sp³-hybridized carbons (Fsp3) is 0.857. The molecule has 0 unspecified atom stereocenters. The third-order valence-corrected chi connectivity index (χ3v) is 2.11. The van der Waals surface area contributed by atoms with Crippen LogP contribution in [0.3, 0.4) is 0 Å². The highest BCUT2D eigenvalue weighted by Crippen LogP contribution is 2.18. The van der Waals surface area contributed by atoms with Crippen LogP contribution in [0.4, 0.5) is 0 Å². The van der Waals surface area contributed by atoms with E-state index in [1.165, 1.54) is 0 Å². The average Bonchev–Trinajstić information content (AvgIpc) is 2.15.